The van der Waals surface area contributed by atoms with Crippen LogP contribution in [0.5, 0.6) is 5.75 Å². The first kappa shape index (κ1) is 16.0. The summed E-state index contributed by atoms with van der Waals surface area (Å²) in [5.74, 6) is 0.0429. The maximum atomic E-state index is 12.8. The van der Waals surface area contributed by atoms with Crippen molar-refractivity contribution in [2.45, 2.75) is 26.8 Å². The number of fused-ring (bicyclic) bond motifs is 1. The predicted octanol–water partition coefficient (Wildman–Crippen LogP) is 4.05. The molecule has 0 saturated heterocycles. The van der Waals surface area contributed by atoms with Crippen LogP contribution in [0.1, 0.15) is 40.1 Å². The Hall–Kier alpha value is -2.88. The second-order valence-corrected chi connectivity index (χ2v) is 6.12. The fraction of sp³-hybridized carbons (Fsp3) is 0.200. The Morgan fingerprint density at radius 1 is 1.12 bits per heavy atom. The first-order valence-electron chi connectivity index (χ1n) is 7.92. The molecule has 1 heterocycles. The molecule has 0 aliphatic carbocycles. The van der Waals surface area contributed by atoms with E-state index in [2.05, 4.69) is 10.3 Å². The van der Waals surface area contributed by atoms with Crippen molar-refractivity contribution in [1.29, 1.82) is 0 Å². The predicted molar refractivity (Wildman–Crippen MR) is 95.2 cm³/mol. The van der Waals surface area contributed by atoms with E-state index in [1.54, 1.807) is 18.2 Å². The molecule has 0 bridgehead atoms. The number of nitrogens with zero attached hydrogens (tertiary/aromatic N) is 1. The number of nitrogens with one attached hydrogen (secondary N) is 1. The molecule has 0 aliphatic rings. The molecular formula is C20H20N2O2. The van der Waals surface area contributed by atoms with Crippen molar-refractivity contribution in [2.24, 2.45) is 0 Å². The number of aromatic nitrogens is 1. The summed E-state index contributed by atoms with van der Waals surface area (Å²) >= 11 is 0. The van der Waals surface area contributed by atoms with Crippen molar-refractivity contribution in [3.05, 3.63) is 70.9 Å². The van der Waals surface area contributed by atoms with Gasteiger partial charge in [-0.15, -0.1) is 0 Å². The quantitative estimate of drug-likeness (QED) is 0.765. The van der Waals surface area contributed by atoms with Crippen LogP contribution in [0.3, 0.4) is 0 Å². The van der Waals surface area contributed by atoms with Crippen LogP contribution < -0.4 is 5.32 Å². The van der Waals surface area contributed by atoms with E-state index in [-0.39, 0.29) is 17.7 Å². The maximum Gasteiger partial charge on any atom is 0.252 e. The van der Waals surface area contributed by atoms with Crippen molar-refractivity contribution in [1.82, 2.24) is 10.3 Å². The van der Waals surface area contributed by atoms with Crippen molar-refractivity contribution < 1.29 is 9.90 Å². The Kier molecular flexibility index (Phi) is 4.21. The van der Waals surface area contributed by atoms with Crippen LogP contribution in [-0.2, 0) is 0 Å². The van der Waals surface area contributed by atoms with Gasteiger partial charge < -0.3 is 10.4 Å². The summed E-state index contributed by atoms with van der Waals surface area (Å²) in [6.45, 7) is 5.78. The number of hydrogen-bond acceptors (Lipinski definition) is 3. The monoisotopic (exact) mass is 320 g/mol. The van der Waals surface area contributed by atoms with Gasteiger partial charge in [-0.2, -0.15) is 0 Å². The van der Waals surface area contributed by atoms with Gasteiger partial charge in [-0.25, -0.2) is 0 Å². The highest BCUT2D eigenvalue weighted by Crippen LogP contribution is 2.22. The molecule has 3 aromatic rings. The Bertz CT molecular complexity index is 919. The minimum atomic E-state index is -0.210. The lowest BCUT2D eigenvalue weighted by Crippen LogP contribution is -2.27. The number of aryl methyl sites for hydroxylation is 2. The topological polar surface area (TPSA) is 62.2 Å². The lowest BCUT2D eigenvalue weighted by atomic mass is 10.0. The molecule has 1 amide bonds. The third-order valence-corrected chi connectivity index (χ3v) is 4.05. The van der Waals surface area contributed by atoms with Gasteiger partial charge in [0.15, 0.2) is 0 Å². The van der Waals surface area contributed by atoms with Crippen LogP contribution in [0, 0.1) is 13.8 Å². The molecular weight excluding hydrogens is 300 g/mol. The Labute approximate surface area is 141 Å². The standard InChI is InChI=1S/C20H20N2O2/c1-12-7-8-19-17(9-12)18(10-13(2)21-19)20(24)22-14(3)15-5-4-6-16(23)11-15/h4-11,14,23H,1-3H3,(H,22,24). The van der Waals surface area contributed by atoms with Gasteiger partial charge in [0.05, 0.1) is 17.1 Å². The molecule has 2 aromatic carbocycles. The van der Waals surface area contributed by atoms with E-state index in [4.69, 9.17) is 0 Å². The van der Waals surface area contributed by atoms with Crippen molar-refractivity contribution in [2.75, 3.05) is 0 Å². The van der Waals surface area contributed by atoms with Gasteiger partial charge in [-0.05, 0) is 56.7 Å². The van der Waals surface area contributed by atoms with Gasteiger partial charge in [0, 0.05) is 11.1 Å². The number of phenolic OH excluding ortho intramolecular Hbond substituents is 1. The van der Waals surface area contributed by atoms with E-state index >= 15 is 0 Å². The van der Waals surface area contributed by atoms with Gasteiger partial charge in [0.1, 0.15) is 5.75 Å². The third-order valence-electron chi connectivity index (χ3n) is 4.05. The summed E-state index contributed by atoms with van der Waals surface area (Å²) in [6.07, 6.45) is 0. The molecule has 1 aromatic heterocycles. The number of aromatic hydroxyl groups is 1. The van der Waals surface area contributed by atoms with Crippen molar-refractivity contribution in [3.8, 4) is 5.75 Å². The number of amides is 1. The zero-order valence-electron chi connectivity index (χ0n) is 14.0. The van der Waals surface area contributed by atoms with Crippen molar-refractivity contribution >= 4 is 16.8 Å². The summed E-state index contributed by atoms with van der Waals surface area (Å²) in [5, 5.41) is 13.4. The normalized spacial score (nSPS) is 12.1. The smallest absolute Gasteiger partial charge is 0.252 e. The number of hydrogen-bond donors (Lipinski definition) is 2. The minimum absolute atomic E-state index is 0.146. The molecule has 24 heavy (non-hydrogen) atoms. The van der Waals surface area contributed by atoms with Gasteiger partial charge in [0.25, 0.3) is 5.91 Å². The van der Waals surface area contributed by atoms with Crippen LogP contribution in [0.2, 0.25) is 0 Å². The number of pyridine rings is 1. The molecule has 4 heteroatoms. The van der Waals surface area contributed by atoms with Crippen molar-refractivity contribution in [3.63, 3.8) is 0 Å². The fourth-order valence-electron chi connectivity index (χ4n) is 2.81. The van der Waals surface area contributed by atoms with Crippen LogP contribution >= 0.6 is 0 Å². The Balaban J connectivity index is 1.95. The van der Waals surface area contributed by atoms with E-state index in [1.165, 1.54) is 0 Å². The molecule has 1 unspecified atom stereocenters. The number of rotatable bonds is 3. The van der Waals surface area contributed by atoms with E-state index in [0.717, 1.165) is 27.7 Å². The second-order valence-electron chi connectivity index (χ2n) is 6.12. The SMILES string of the molecule is Cc1ccc2nc(C)cc(C(=O)NC(C)c3cccc(O)c3)c2c1. The summed E-state index contributed by atoms with van der Waals surface area (Å²) < 4.78 is 0. The first-order valence-corrected chi connectivity index (χ1v) is 7.92. The number of carbonyl (C=O) groups excluding carboxylic acids is 1. The molecule has 0 radical (unpaired) electrons. The molecule has 0 saturated carbocycles. The van der Waals surface area contributed by atoms with Crippen LogP contribution in [-0.4, -0.2) is 16.0 Å². The Morgan fingerprint density at radius 3 is 2.67 bits per heavy atom. The highest BCUT2D eigenvalue weighted by Gasteiger charge is 2.15. The van der Waals surface area contributed by atoms with Crippen LogP contribution in [0.25, 0.3) is 10.9 Å². The summed E-state index contributed by atoms with van der Waals surface area (Å²) in [4.78, 5) is 17.3. The van der Waals surface area contributed by atoms with Gasteiger partial charge in [-0.3, -0.25) is 9.78 Å². The van der Waals surface area contributed by atoms with E-state index in [9.17, 15) is 9.90 Å². The van der Waals surface area contributed by atoms with Gasteiger partial charge in [0.2, 0.25) is 0 Å². The van der Waals surface area contributed by atoms with E-state index in [0.29, 0.717) is 5.56 Å². The molecule has 0 spiro atoms. The molecule has 2 N–H and O–H groups in total. The zero-order valence-corrected chi connectivity index (χ0v) is 14.0. The second kappa shape index (κ2) is 6.32. The largest absolute Gasteiger partial charge is 0.508 e. The maximum absolute atomic E-state index is 12.8. The summed E-state index contributed by atoms with van der Waals surface area (Å²) in [5.41, 5.74) is 4.18. The highest BCUT2D eigenvalue weighted by molar-refractivity contribution is 6.06. The Morgan fingerprint density at radius 2 is 1.92 bits per heavy atom. The minimum Gasteiger partial charge on any atom is -0.508 e. The molecule has 122 valence electrons. The molecule has 4 nitrogen and oxygen atoms in total. The number of carbonyl (C=O) groups is 1. The lowest BCUT2D eigenvalue weighted by molar-refractivity contribution is 0.0941. The number of phenols is 1. The average molecular weight is 320 g/mol. The molecule has 0 aliphatic heterocycles. The van der Waals surface area contributed by atoms with E-state index in [1.807, 2.05) is 51.1 Å². The third kappa shape index (κ3) is 3.23. The fourth-order valence-corrected chi connectivity index (χ4v) is 2.81. The molecule has 1 atom stereocenters. The van der Waals surface area contributed by atoms with E-state index < -0.39 is 0 Å². The molecule has 3 rings (SSSR count). The molecule has 0 fully saturated rings. The average Bonchev–Trinajstić information content (AvgIpc) is 2.54. The number of benzene rings is 2. The van der Waals surface area contributed by atoms with Crippen LogP contribution in [0.4, 0.5) is 0 Å². The summed E-state index contributed by atoms with van der Waals surface area (Å²) in [7, 11) is 0. The first-order chi connectivity index (χ1) is 11.4. The zero-order chi connectivity index (χ0) is 17.3. The lowest BCUT2D eigenvalue weighted by Gasteiger charge is -2.16. The summed E-state index contributed by atoms with van der Waals surface area (Å²) in [6, 6.07) is 14.4. The highest BCUT2D eigenvalue weighted by atomic mass is 16.3. The van der Waals surface area contributed by atoms with Gasteiger partial charge in [-0.1, -0.05) is 23.8 Å². The van der Waals surface area contributed by atoms with Gasteiger partial charge >= 0.3 is 0 Å². The van der Waals surface area contributed by atoms with Crippen LogP contribution in [0.15, 0.2) is 48.5 Å².